The van der Waals surface area contributed by atoms with Crippen LogP contribution in [0.4, 0.5) is 0 Å². The lowest BCUT2D eigenvalue weighted by Crippen LogP contribution is -2.36. The molecule has 1 N–H and O–H groups in total. The molecule has 0 saturated heterocycles. The molecule has 1 rings (SSSR count). The van der Waals surface area contributed by atoms with E-state index in [9.17, 15) is 0 Å². The van der Waals surface area contributed by atoms with E-state index < -0.39 is 0 Å². The van der Waals surface area contributed by atoms with Crippen molar-refractivity contribution in [3.05, 3.63) is 23.3 Å². The lowest BCUT2D eigenvalue weighted by Gasteiger charge is -2.21. The number of ether oxygens (including phenoxy) is 2. The normalized spacial score (nSPS) is 18.3. The van der Waals surface area contributed by atoms with E-state index in [-0.39, 0.29) is 12.3 Å². The Kier molecular flexibility index (Phi) is 7.66. The summed E-state index contributed by atoms with van der Waals surface area (Å²) in [6.45, 7) is 4.30. The van der Waals surface area contributed by atoms with Crippen molar-refractivity contribution in [2.24, 2.45) is 0 Å². The van der Waals surface area contributed by atoms with Crippen molar-refractivity contribution in [3.63, 3.8) is 0 Å². The van der Waals surface area contributed by atoms with Crippen molar-refractivity contribution in [1.82, 2.24) is 4.72 Å². The molecule has 104 valence electrons. The number of hydrogen-bond acceptors (Lipinski definition) is 4. The van der Waals surface area contributed by atoms with Gasteiger partial charge in [-0.1, -0.05) is 29.7 Å². The highest BCUT2D eigenvalue weighted by Crippen LogP contribution is 2.21. The molecule has 0 aromatic heterocycles. The Morgan fingerprint density at radius 2 is 2.11 bits per heavy atom. The number of rotatable bonds is 7. The molecule has 1 atom stereocenters. The number of hydrogen-bond donors (Lipinski definition) is 1. The minimum absolute atomic E-state index is 0.167. The molecule has 0 amide bonds. The average molecular weight is 271 g/mol. The third kappa shape index (κ3) is 5.14. The van der Waals surface area contributed by atoms with Gasteiger partial charge in [-0.3, -0.25) is 4.72 Å². The van der Waals surface area contributed by atoms with Gasteiger partial charge >= 0.3 is 0 Å². The zero-order chi connectivity index (χ0) is 13.4. The monoisotopic (exact) mass is 271 g/mol. The molecule has 3 nitrogen and oxygen atoms in total. The molecule has 0 unspecified atom stereocenters. The second-order valence-electron chi connectivity index (χ2n) is 4.64. The van der Waals surface area contributed by atoms with Gasteiger partial charge in [0.2, 0.25) is 0 Å². The van der Waals surface area contributed by atoms with E-state index in [0.29, 0.717) is 0 Å². The predicted octanol–water partition coefficient (Wildman–Crippen LogP) is 3.29. The Balaban J connectivity index is 2.36. The average Bonchev–Trinajstić information content (AvgIpc) is 2.56. The Morgan fingerprint density at radius 1 is 1.39 bits per heavy atom. The Hall–Kier alpha value is -0.290. The fourth-order valence-corrected chi connectivity index (χ4v) is 2.95. The first-order valence-electron chi connectivity index (χ1n) is 6.47. The first-order valence-corrected chi connectivity index (χ1v) is 7.45. The molecule has 1 aliphatic carbocycles. The number of nitrogens with one attached hydrogen (secondary N) is 1. The predicted molar refractivity (Wildman–Crippen MR) is 78.6 cm³/mol. The van der Waals surface area contributed by atoms with Crippen LogP contribution < -0.4 is 4.72 Å². The summed E-state index contributed by atoms with van der Waals surface area (Å²) in [7, 11) is 3.33. The second-order valence-corrected chi connectivity index (χ2v) is 5.45. The molecular formula is C14H25NO2S. The van der Waals surface area contributed by atoms with Crippen molar-refractivity contribution in [1.29, 1.82) is 0 Å². The van der Waals surface area contributed by atoms with Gasteiger partial charge in [-0.25, -0.2) is 0 Å². The highest BCUT2D eigenvalue weighted by Gasteiger charge is 2.15. The SMILES string of the molecule is COC(OC)[C@H](C)NSCC1=C(C)CCCC=C1. The lowest BCUT2D eigenvalue weighted by molar-refractivity contribution is -0.115. The zero-order valence-corrected chi connectivity index (χ0v) is 12.7. The Morgan fingerprint density at radius 3 is 2.78 bits per heavy atom. The molecule has 18 heavy (non-hydrogen) atoms. The quantitative estimate of drug-likeness (QED) is 0.568. The third-order valence-electron chi connectivity index (χ3n) is 3.16. The summed E-state index contributed by atoms with van der Waals surface area (Å²) in [6, 6.07) is 0.167. The van der Waals surface area contributed by atoms with Gasteiger partial charge in [-0.05, 0) is 38.7 Å². The van der Waals surface area contributed by atoms with Crippen LogP contribution in [0.25, 0.3) is 0 Å². The Bertz CT molecular complexity index is 298. The maximum atomic E-state index is 5.22. The van der Waals surface area contributed by atoms with Crippen LogP contribution in [0.2, 0.25) is 0 Å². The Labute approximate surface area is 115 Å². The summed E-state index contributed by atoms with van der Waals surface area (Å²) in [5.41, 5.74) is 2.96. The van der Waals surface area contributed by atoms with Crippen LogP contribution in [0.15, 0.2) is 23.3 Å². The van der Waals surface area contributed by atoms with Crippen LogP contribution >= 0.6 is 11.9 Å². The van der Waals surface area contributed by atoms with Crippen molar-refractivity contribution in [3.8, 4) is 0 Å². The third-order valence-corrected chi connectivity index (χ3v) is 4.15. The fourth-order valence-electron chi connectivity index (χ4n) is 2.00. The molecule has 4 heteroatoms. The van der Waals surface area contributed by atoms with Crippen LogP contribution in [0.5, 0.6) is 0 Å². The van der Waals surface area contributed by atoms with Crippen LogP contribution in [0, 0.1) is 0 Å². The van der Waals surface area contributed by atoms with Crippen LogP contribution in [-0.2, 0) is 9.47 Å². The summed E-state index contributed by atoms with van der Waals surface area (Å²) in [4.78, 5) is 0. The summed E-state index contributed by atoms with van der Waals surface area (Å²) >= 11 is 1.72. The van der Waals surface area contributed by atoms with E-state index in [2.05, 4.69) is 30.7 Å². The number of methoxy groups -OCH3 is 2. The molecule has 0 aromatic carbocycles. The van der Waals surface area contributed by atoms with Gasteiger partial charge in [0, 0.05) is 20.0 Å². The standard InChI is InChI=1S/C14H25NO2S/c1-11-8-6-5-7-9-13(11)10-18-15-12(2)14(16-3)17-4/h7,9,12,14-15H,5-6,8,10H2,1-4H3/t12-/m0/s1. The molecule has 0 saturated carbocycles. The molecule has 1 aliphatic rings. The van der Waals surface area contributed by atoms with Crippen LogP contribution in [-0.4, -0.2) is 32.3 Å². The van der Waals surface area contributed by atoms with Gasteiger partial charge in [-0.2, -0.15) is 0 Å². The summed E-state index contributed by atoms with van der Waals surface area (Å²) < 4.78 is 13.8. The molecule has 0 radical (unpaired) electrons. The lowest BCUT2D eigenvalue weighted by atomic mass is 10.1. The molecule has 0 heterocycles. The molecule has 0 bridgehead atoms. The zero-order valence-electron chi connectivity index (χ0n) is 11.9. The van der Waals surface area contributed by atoms with Crippen LogP contribution in [0.1, 0.15) is 33.1 Å². The molecular weight excluding hydrogens is 246 g/mol. The highest BCUT2D eigenvalue weighted by molar-refractivity contribution is 7.97. The van der Waals surface area contributed by atoms with E-state index in [1.807, 2.05) is 0 Å². The molecule has 0 aromatic rings. The van der Waals surface area contributed by atoms with Crippen molar-refractivity contribution in [2.45, 2.75) is 45.4 Å². The highest BCUT2D eigenvalue weighted by atomic mass is 32.2. The number of allylic oxidation sites excluding steroid dienone is 3. The maximum Gasteiger partial charge on any atom is 0.172 e. The van der Waals surface area contributed by atoms with Crippen molar-refractivity contribution < 1.29 is 9.47 Å². The fraction of sp³-hybridized carbons (Fsp3) is 0.714. The van der Waals surface area contributed by atoms with Gasteiger partial charge < -0.3 is 9.47 Å². The minimum Gasteiger partial charge on any atom is -0.354 e. The summed E-state index contributed by atoms with van der Waals surface area (Å²) in [5.74, 6) is 0.993. The van der Waals surface area contributed by atoms with Gasteiger partial charge in [0.1, 0.15) is 0 Å². The van der Waals surface area contributed by atoms with E-state index in [4.69, 9.17) is 9.47 Å². The topological polar surface area (TPSA) is 30.5 Å². The van der Waals surface area contributed by atoms with E-state index in [1.165, 1.54) is 30.4 Å². The minimum atomic E-state index is -0.197. The van der Waals surface area contributed by atoms with E-state index in [1.54, 1.807) is 26.2 Å². The van der Waals surface area contributed by atoms with Gasteiger partial charge in [-0.15, -0.1) is 0 Å². The maximum absolute atomic E-state index is 5.22. The van der Waals surface area contributed by atoms with Crippen LogP contribution in [0.3, 0.4) is 0 Å². The van der Waals surface area contributed by atoms with Crippen molar-refractivity contribution >= 4 is 11.9 Å². The van der Waals surface area contributed by atoms with Gasteiger partial charge in [0.05, 0.1) is 6.04 Å². The van der Waals surface area contributed by atoms with Gasteiger partial charge in [0.15, 0.2) is 6.29 Å². The van der Waals surface area contributed by atoms with E-state index in [0.717, 1.165) is 5.75 Å². The molecule has 0 fully saturated rings. The molecule has 0 aliphatic heterocycles. The summed E-state index contributed by atoms with van der Waals surface area (Å²) in [5, 5.41) is 0. The second kappa shape index (κ2) is 8.75. The van der Waals surface area contributed by atoms with E-state index >= 15 is 0 Å². The largest absolute Gasteiger partial charge is 0.354 e. The smallest absolute Gasteiger partial charge is 0.172 e. The molecule has 0 spiro atoms. The van der Waals surface area contributed by atoms with Gasteiger partial charge in [0.25, 0.3) is 0 Å². The summed E-state index contributed by atoms with van der Waals surface area (Å²) in [6.07, 6.45) is 8.05. The van der Waals surface area contributed by atoms with Crippen molar-refractivity contribution in [2.75, 3.05) is 20.0 Å². The first-order chi connectivity index (χ1) is 8.69. The first kappa shape index (κ1) is 15.8.